The number of nitrogens with zero attached hydrogens (tertiary/aromatic N) is 3. The maximum atomic E-state index is 13.4. The van der Waals surface area contributed by atoms with Crippen molar-refractivity contribution in [2.45, 2.75) is 170 Å². The number of Topliss-reactive ketones (excluding diaryl/α,β-unsaturated/α-hetero) is 1. The second kappa shape index (κ2) is 34.2. The van der Waals surface area contributed by atoms with E-state index in [0.29, 0.717) is 25.4 Å². The van der Waals surface area contributed by atoms with Crippen LogP contribution in [0.2, 0.25) is 0 Å². The molecule has 1 fully saturated rings. The summed E-state index contributed by atoms with van der Waals surface area (Å²) < 4.78 is 11.6. The van der Waals surface area contributed by atoms with Crippen LogP contribution in [0.1, 0.15) is 133 Å². The van der Waals surface area contributed by atoms with Gasteiger partial charge < -0.3 is 46.4 Å². The molecule has 8 amide bonds. The molecule has 1 aromatic carbocycles. The number of likely N-dealkylation sites (N-methyl/N-ethyl adjacent to an activating group) is 1. The van der Waals surface area contributed by atoms with Crippen molar-refractivity contribution < 1.29 is 47.8 Å². The fourth-order valence-corrected chi connectivity index (χ4v) is 10.0. The molecule has 0 radical (unpaired) electrons. The first-order chi connectivity index (χ1) is 36.1. The van der Waals surface area contributed by atoms with Crippen LogP contribution in [0.4, 0.5) is 4.79 Å². The number of methoxy groups -OCH3 is 2. The number of nitrogens with one attached hydrogen (secondary N) is 5. The maximum Gasteiger partial charge on any atom is 0.314 e. The van der Waals surface area contributed by atoms with Gasteiger partial charge in [-0.05, 0) is 81.5 Å². The van der Waals surface area contributed by atoms with Gasteiger partial charge in [0, 0.05) is 76.1 Å². The van der Waals surface area contributed by atoms with Crippen LogP contribution in [0.25, 0.3) is 10.9 Å². The highest BCUT2D eigenvalue weighted by atomic mass is 16.5. The number of hydrogen-bond donors (Lipinski definition) is 6. The van der Waals surface area contributed by atoms with E-state index in [4.69, 9.17) is 15.2 Å². The molecular weight excluding hydrogens is 971 g/mol. The number of ketones is 1. The molecule has 0 spiro atoms. The van der Waals surface area contributed by atoms with Crippen molar-refractivity contribution in [2.75, 3.05) is 54.0 Å². The molecule has 2 aliphatic rings. The fraction of sp³-hybridized carbons (Fsp3) is 0.684. The van der Waals surface area contributed by atoms with E-state index in [2.05, 4.69) is 51.9 Å². The molecule has 19 heteroatoms. The predicted octanol–water partition coefficient (Wildman–Crippen LogP) is 5.89. The molecule has 76 heavy (non-hydrogen) atoms. The number of nitrogens with two attached hydrogens (primary N) is 1. The largest absolute Gasteiger partial charge is 0.381 e. The topological polar surface area (TPSA) is 255 Å². The number of amides is 8. The summed E-state index contributed by atoms with van der Waals surface area (Å²) in [6.07, 6.45) is 10.4. The van der Waals surface area contributed by atoms with Gasteiger partial charge in [-0.25, -0.2) is 4.79 Å². The summed E-state index contributed by atoms with van der Waals surface area (Å²) in [6.45, 7) is 23.9. The van der Waals surface area contributed by atoms with Crippen LogP contribution >= 0.6 is 0 Å². The van der Waals surface area contributed by atoms with Crippen molar-refractivity contribution >= 4 is 58.2 Å². The van der Waals surface area contributed by atoms with E-state index in [9.17, 15) is 38.4 Å². The number of aromatic amines is 1. The maximum absolute atomic E-state index is 13.4. The minimum absolute atomic E-state index is 0.0171. The lowest BCUT2D eigenvalue weighted by Crippen LogP contribution is -2.53. The first-order valence-electron chi connectivity index (χ1n) is 27.6. The number of benzene rings is 1. The molecule has 7 N–H and O–H groups in total. The zero-order valence-corrected chi connectivity index (χ0v) is 48.3. The molecule has 0 bridgehead atoms. The van der Waals surface area contributed by atoms with Crippen LogP contribution in [0.15, 0.2) is 42.6 Å². The lowest BCUT2D eigenvalue weighted by atomic mass is 9.87. The quantitative estimate of drug-likeness (QED) is 0.0397. The average Bonchev–Trinajstić information content (AvgIpc) is 4.13. The van der Waals surface area contributed by atoms with Gasteiger partial charge in [0.2, 0.25) is 23.6 Å². The third-order valence-corrected chi connectivity index (χ3v) is 14.8. The Morgan fingerprint density at radius 1 is 0.842 bits per heavy atom. The number of fused-ring (bicyclic) bond motifs is 1. The minimum atomic E-state index is -0.873. The van der Waals surface area contributed by atoms with Crippen LogP contribution < -0.4 is 27.0 Å². The summed E-state index contributed by atoms with van der Waals surface area (Å²) in [6, 6.07) is 5.58. The zero-order valence-electron chi connectivity index (χ0n) is 48.3. The lowest BCUT2D eigenvalue weighted by Gasteiger charge is -2.35. The Balaban J connectivity index is 0.000000507. The summed E-state index contributed by atoms with van der Waals surface area (Å²) in [7, 11) is 5.16. The molecule has 1 saturated heterocycles. The molecule has 1 aromatic heterocycles. The summed E-state index contributed by atoms with van der Waals surface area (Å²) in [5, 5.41) is 12.2. The number of carbonyl (C=O) groups excluding carboxylic acids is 8. The van der Waals surface area contributed by atoms with Crippen LogP contribution in [-0.4, -0.2) is 157 Å². The molecule has 428 valence electrons. The van der Waals surface area contributed by atoms with Gasteiger partial charge in [0.15, 0.2) is 5.78 Å². The number of urea groups is 1. The predicted molar refractivity (Wildman–Crippen MR) is 298 cm³/mol. The van der Waals surface area contributed by atoms with E-state index in [1.807, 2.05) is 84.0 Å². The molecule has 5 unspecified atom stereocenters. The van der Waals surface area contributed by atoms with Gasteiger partial charge in [-0.2, -0.15) is 0 Å². The first kappa shape index (κ1) is 66.5. The number of H-pyrrole nitrogens is 1. The van der Waals surface area contributed by atoms with Crippen molar-refractivity contribution in [3.63, 3.8) is 0 Å². The Bertz CT molecular complexity index is 2180. The van der Waals surface area contributed by atoms with E-state index in [1.54, 1.807) is 21.1 Å². The van der Waals surface area contributed by atoms with Crippen LogP contribution in [0, 0.1) is 29.6 Å². The molecule has 2 aromatic rings. The number of imide groups is 1. The third kappa shape index (κ3) is 20.4. The fourth-order valence-electron chi connectivity index (χ4n) is 10.0. The second-order valence-corrected chi connectivity index (χ2v) is 20.8. The number of likely N-dealkylation sites (tertiary alicyclic amines) is 1. The van der Waals surface area contributed by atoms with Crippen molar-refractivity contribution in [3.8, 4) is 0 Å². The van der Waals surface area contributed by atoms with E-state index in [0.717, 1.165) is 72.9 Å². The number of para-hydroxylation sites is 1. The average molecular weight is 1070 g/mol. The van der Waals surface area contributed by atoms with Gasteiger partial charge in [0.25, 0.3) is 11.8 Å². The smallest absolute Gasteiger partial charge is 0.314 e. The number of aromatic nitrogens is 1. The highest BCUT2D eigenvalue weighted by Crippen LogP contribution is 2.30. The van der Waals surface area contributed by atoms with Crippen molar-refractivity contribution in [2.24, 2.45) is 35.3 Å². The Labute approximate surface area is 453 Å². The molecular formula is C57H95N9O10. The number of ether oxygens (including phenoxy) is 2. The lowest BCUT2D eigenvalue weighted by molar-refractivity contribution is -0.143. The van der Waals surface area contributed by atoms with Gasteiger partial charge in [0.1, 0.15) is 6.04 Å². The molecule has 3 heterocycles. The Morgan fingerprint density at radius 2 is 1.47 bits per heavy atom. The monoisotopic (exact) mass is 1070 g/mol. The van der Waals surface area contributed by atoms with E-state index < -0.39 is 30.0 Å². The molecule has 4 rings (SSSR count). The second-order valence-electron chi connectivity index (χ2n) is 20.8. The number of carbonyl (C=O) groups is 8. The summed E-state index contributed by atoms with van der Waals surface area (Å²) in [5.41, 5.74) is 7.55. The number of rotatable bonds is 30. The standard InChI is InChI=1S/C30H46N4O5.C25H43N5O5.C2H6/c1-7-18(2)19(3)26(38-5)16-27(35)34-14-10-13-25(34)28(39-6)20(4)30(37)33-24(29(31)36)15-21-17-32-23-12-9-8-11-22(21)23;1-17(2)22(19(5)31)28-24(34)23(18(3)4)29(6)15-10-8-7-9-13-26-25(35)27-14-16-30-20(32)11-12-21(30)33;1-2/h8-9,11-12,17-20,24-26,28,32H,7,10,13-16H2,1-6H3,(H2,31,36)(H,33,37);11-12,17-18,22-23H,7-10,13-16H2,1-6H3,(H,28,34)(H2,26,27,35);1-2H3/t18?,19-,20?,24-,25-,26?,28?;22-,23?;/m00./s1. The number of hydrogen-bond acceptors (Lipinski definition) is 11. The molecule has 0 saturated carbocycles. The van der Waals surface area contributed by atoms with Crippen molar-refractivity contribution in [1.82, 2.24) is 41.0 Å². The highest BCUT2D eigenvalue weighted by Gasteiger charge is 2.41. The minimum Gasteiger partial charge on any atom is -0.381 e. The summed E-state index contributed by atoms with van der Waals surface area (Å²) >= 11 is 0. The molecule has 0 aliphatic carbocycles. The molecule has 2 aliphatic heterocycles. The molecule has 19 nitrogen and oxygen atoms in total. The Kier molecular flexibility index (Phi) is 29.9. The van der Waals surface area contributed by atoms with Crippen LogP contribution in [0.3, 0.4) is 0 Å². The molecule has 9 atom stereocenters. The highest BCUT2D eigenvalue weighted by molar-refractivity contribution is 6.12. The Morgan fingerprint density at radius 3 is 2.05 bits per heavy atom. The number of unbranched alkanes of at least 4 members (excludes halogenated alkanes) is 3. The van der Waals surface area contributed by atoms with Crippen LogP contribution in [-0.2, 0) is 49.5 Å². The van der Waals surface area contributed by atoms with Gasteiger partial charge >= 0.3 is 6.03 Å². The van der Waals surface area contributed by atoms with Gasteiger partial charge in [0.05, 0.1) is 42.7 Å². The van der Waals surface area contributed by atoms with Crippen molar-refractivity contribution in [3.05, 3.63) is 48.2 Å². The summed E-state index contributed by atoms with van der Waals surface area (Å²) in [5.74, 6) is -1.54. The third-order valence-electron chi connectivity index (χ3n) is 14.8. The van der Waals surface area contributed by atoms with Gasteiger partial charge in [-0.1, -0.05) is 107 Å². The van der Waals surface area contributed by atoms with E-state index in [-0.39, 0.29) is 96.8 Å². The SMILES string of the molecule is CC.CC(=O)[C@@H](NC(=O)C(C(C)C)N(C)CCCCCCNC(=O)NCCN1C(=O)C=CC1=O)C(C)C.CCC(C)[C@H](C)C(CC(=O)N1CCC[C@H]1C(OC)C(C)C(=O)N[C@@H](Cc1c[nH]c2ccccc12)C(N)=O)OC. The van der Waals surface area contributed by atoms with Gasteiger partial charge in [-0.15, -0.1) is 0 Å². The van der Waals surface area contributed by atoms with E-state index >= 15 is 0 Å². The summed E-state index contributed by atoms with van der Waals surface area (Å²) in [4.78, 5) is 107. The Hall–Kier alpha value is -5.66. The zero-order chi connectivity index (χ0) is 57.2. The first-order valence-corrected chi connectivity index (χ1v) is 27.6. The van der Waals surface area contributed by atoms with Crippen molar-refractivity contribution in [1.29, 1.82) is 0 Å². The van der Waals surface area contributed by atoms with E-state index in [1.165, 1.54) is 19.1 Å². The van der Waals surface area contributed by atoms with Gasteiger partial charge in [-0.3, -0.25) is 43.4 Å². The number of primary amides is 1. The van der Waals surface area contributed by atoms with Crippen LogP contribution in [0.5, 0.6) is 0 Å². The normalized spacial score (nSPS) is 17.5.